The summed E-state index contributed by atoms with van der Waals surface area (Å²) in [6.07, 6.45) is 0. The first-order chi connectivity index (χ1) is 13.0. The molecule has 0 aliphatic carbocycles. The van der Waals surface area contributed by atoms with Gasteiger partial charge in [-0.1, -0.05) is 18.2 Å². The fourth-order valence-corrected chi connectivity index (χ4v) is 5.26. The molecule has 2 aliphatic rings. The summed E-state index contributed by atoms with van der Waals surface area (Å²) < 4.78 is 0. The molecule has 6 heteroatoms. The number of benzene rings is 1. The average Bonchev–Trinajstić information content (AvgIpc) is 3.36. The fraction of sp³-hybridized carbons (Fsp3) is 0.429. The molecule has 5 nitrogen and oxygen atoms in total. The number of amides is 2. The number of carbonyl (C=O) groups excluding carboxylic acids is 2. The molecule has 2 aliphatic heterocycles. The molecule has 2 aromatic rings. The van der Waals surface area contributed by atoms with Gasteiger partial charge in [0.1, 0.15) is 0 Å². The molecule has 3 heterocycles. The second-order valence-electron chi connectivity index (χ2n) is 7.91. The van der Waals surface area contributed by atoms with Gasteiger partial charge in [-0.3, -0.25) is 14.5 Å². The van der Waals surface area contributed by atoms with Gasteiger partial charge in [0.25, 0.3) is 5.91 Å². The van der Waals surface area contributed by atoms with Gasteiger partial charge < -0.3 is 9.80 Å². The van der Waals surface area contributed by atoms with Gasteiger partial charge in [0.05, 0.1) is 5.41 Å². The van der Waals surface area contributed by atoms with Crippen molar-refractivity contribution in [1.29, 1.82) is 0 Å². The molecule has 142 valence electrons. The number of nitrogens with zero attached hydrogens (tertiary/aromatic N) is 3. The molecule has 0 unspecified atom stereocenters. The molecule has 0 bridgehead atoms. The van der Waals surface area contributed by atoms with Crippen LogP contribution in [0.25, 0.3) is 0 Å². The van der Waals surface area contributed by atoms with Crippen LogP contribution >= 0.6 is 11.3 Å². The highest BCUT2D eigenvalue weighted by Gasteiger charge is 2.58. The van der Waals surface area contributed by atoms with Crippen molar-refractivity contribution in [3.63, 3.8) is 0 Å². The van der Waals surface area contributed by atoms with E-state index < -0.39 is 5.41 Å². The Balaban J connectivity index is 1.56. The standard InChI is InChI=1S/C21H25N3O2S/c1-22(2)20(26)21-14-23(10-16-8-9-27-13-16)11-18(21)12-24(15-21)19(25)17-6-4-3-5-7-17/h3-9,13,18H,10-12,14-15H2,1-2H3/t18-,21-/m1/s1. The van der Waals surface area contributed by atoms with Crippen molar-refractivity contribution >= 4 is 23.2 Å². The van der Waals surface area contributed by atoms with E-state index in [0.717, 1.165) is 13.1 Å². The molecular formula is C21H25N3O2S. The Hall–Kier alpha value is -2.18. The molecule has 2 saturated heterocycles. The van der Waals surface area contributed by atoms with Gasteiger partial charge in [-0.2, -0.15) is 11.3 Å². The van der Waals surface area contributed by atoms with E-state index >= 15 is 0 Å². The van der Waals surface area contributed by atoms with E-state index in [4.69, 9.17) is 0 Å². The lowest BCUT2D eigenvalue weighted by Crippen LogP contribution is -2.47. The van der Waals surface area contributed by atoms with E-state index in [1.165, 1.54) is 5.56 Å². The highest BCUT2D eigenvalue weighted by Crippen LogP contribution is 2.44. The summed E-state index contributed by atoms with van der Waals surface area (Å²) in [5.74, 6) is 0.350. The molecule has 4 rings (SSSR count). The summed E-state index contributed by atoms with van der Waals surface area (Å²) in [6.45, 7) is 3.59. The Labute approximate surface area is 164 Å². The molecule has 0 N–H and O–H groups in total. The SMILES string of the molecule is CN(C)C(=O)[C@@]12CN(Cc3ccsc3)C[C@@H]1CN(C(=O)c1ccccc1)C2. The third kappa shape index (κ3) is 3.28. The summed E-state index contributed by atoms with van der Waals surface area (Å²) in [6, 6.07) is 11.5. The zero-order valence-electron chi connectivity index (χ0n) is 15.8. The second-order valence-corrected chi connectivity index (χ2v) is 8.69. The van der Waals surface area contributed by atoms with Crippen molar-refractivity contribution in [3.8, 4) is 0 Å². The molecule has 1 aromatic carbocycles. The lowest BCUT2D eigenvalue weighted by molar-refractivity contribution is -0.139. The van der Waals surface area contributed by atoms with Crippen molar-refractivity contribution in [2.24, 2.45) is 11.3 Å². The molecule has 2 amide bonds. The average molecular weight is 384 g/mol. The van der Waals surface area contributed by atoms with Gasteiger partial charge in [0.2, 0.25) is 5.91 Å². The third-order valence-corrected chi connectivity index (χ3v) is 6.54. The minimum Gasteiger partial charge on any atom is -0.348 e. The van der Waals surface area contributed by atoms with Crippen LogP contribution in [0.5, 0.6) is 0 Å². The summed E-state index contributed by atoms with van der Waals surface area (Å²) in [5, 5.41) is 4.26. The largest absolute Gasteiger partial charge is 0.348 e. The number of carbonyl (C=O) groups is 2. The third-order valence-electron chi connectivity index (χ3n) is 5.81. The number of hydrogen-bond donors (Lipinski definition) is 0. The first-order valence-corrected chi connectivity index (χ1v) is 10.2. The van der Waals surface area contributed by atoms with Crippen LogP contribution in [0.3, 0.4) is 0 Å². The molecule has 2 atom stereocenters. The van der Waals surface area contributed by atoms with Crippen molar-refractivity contribution in [2.75, 3.05) is 40.3 Å². The predicted octanol–water partition coefficient (Wildman–Crippen LogP) is 2.41. The van der Waals surface area contributed by atoms with Crippen molar-refractivity contribution in [3.05, 3.63) is 58.3 Å². The summed E-state index contributed by atoms with van der Waals surface area (Å²) in [5.41, 5.74) is 1.49. The van der Waals surface area contributed by atoms with Crippen LogP contribution in [0.2, 0.25) is 0 Å². The van der Waals surface area contributed by atoms with Crippen molar-refractivity contribution in [1.82, 2.24) is 14.7 Å². The first-order valence-electron chi connectivity index (χ1n) is 9.29. The van der Waals surface area contributed by atoms with Crippen LogP contribution in [0.4, 0.5) is 0 Å². The predicted molar refractivity (Wildman–Crippen MR) is 107 cm³/mol. The Bertz CT molecular complexity index is 821. The maximum atomic E-state index is 13.2. The van der Waals surface area contributed by atoms with Crippen LogP contribution in [0.1, 0.15) is 15.9 Å². The highest BCUT2D eigenvalue weighted by atomic mass is 32.1. The maximum absolute atomic E-state index is 13.2. The van der Waals surface area contributed by atoms with Crippen LogP contribution in [-0.2, 0) is 11.3 Å². The molecular weight excluding hydrogens is 358 g/mol. The minimum atomic E-state index is -0.496. The van der Waals surface area contributed by atoms with Crippen LogP contribution in [0, 0.1) is 11.3 Å². The summed E-state index contributed by atoms with van der Waals surface area (Å²) in [7, 11) is 3.63. The lowest BCUT2D eigenvalue weighted by atomic mass is 9.80. The van der Waals surface area contributed by atoms with E-state index in [9.17, 15) is 9.59 Å². The quantitative estimate of drug-likeness (QED) is 0.814. The summed E-state index contributed by atoms with van der Waals surface area (Å²) >= 11 is 1.70. The molecule has 0 radical (unpaired) electrons. The van der Waals surface area contributed by atoms with Crippen molar-refractivity contribution in [2.45, 2.75) is 6.54 Å². The zero-order valence-corrected chi connectivity index (χ0v) is 16.6. The Morgan fingerprint density at radius 2 is 1.93 bits per heavy atom. The van der Waals surface area contributed by atoms with E-state index in [2.05, 4.69) is 21.7 Å². The van der Waals surface area contributed by atoms with E-state index in [1.54, 1.807) is 16.2 Å². The van der Waals surface area contributed by atoms with E-state index in [1.807, 2.05) is 49.3 Å². The van der Waals surface area contributed by atoms with Gasteiger partial charge in [-0.25, -0.2) is 0 Å². The minimum absolute atomic E-state index is 0.0281. The van der Waals surface area contributed by atoms with Crippen LogP contribution in [0.15, 0.2) is 47.2 Å². The van der Waals surface area contributed by atoms with Crippen LogP contribution < -0.4 is 0 Å². The number of fused-ring (bicyclic) bond motifs is 1. The van der Waals surface area contributed by atoms with Gasteiger partial charge in [0, 0.05) is 58.3 Å². The molecule has 27 heavy (non-hydrogen) atoms. The number of hydrogen-bond acceptors (Lipinski definition) is 4. The van der Waals surface area contributed by atoms with Gasteiger partial charge >= 0.3 is 0 Å². The molecule has 2 fully saturated rings. The van der Waals surface area contributed by atoms with E-state index in [-0.39, 0.29) is 17.7 Å². The molecule has 0 spiro atoms. The van der Waals surface area contributed by atoms with Crippen molar-refractivity contribution < 1.29 is 9.59 Å². The maximum Gasteiger partial charge on any atom is 0.253 e. The van der Waals surface area contributed by atoms with E-state index in [0.29, 0.717) is 25.2 Å². The van der Waals surface area contributed by atoms with Gasteiger partial charge in [-0.05, 0) is 34.5 Å². The molecule has 0 saturated carbocycles. The molecule has 1 aromatic heterocycles. The first kappa shape index (κ1) is 18.2. The van der Waals surface area contributed by atoms with Gasteiger partial charge in [-0.15, -0.1) is 0 Å². The number of rotatable bonds is 4. The van der Waals surface area contributed by atoms with Gasteiger partial charge in [0.15, 0.2) is 0 Å². The second kappa shape index (κ2) is 7.09. The smallest absolute Gasteiger partial charge is 0.253 e. The summed E-state index contributed by atoms with van der Waals surface area (Å²) in [4.78, 5) is 32.0. The monoisotopic (exact) mass is 383 g/mol. The number of thiophene rings is 1. The lowest BCUT2D eigenvalue weighted by Gasteiger charge is -2.31. The Morgan fingerprint density at radius 3 is 2.59 bits per heavy atom. The Morgan fingerprint density at radius 1 is 1.15 bits per heavy atom. The normalized spacial score (nSPS) is 24.8. The van der Waals surface area contributed by atoms with Crippen LogP contribution in [-0.4, -0.2) is 66.8 Å². The highest BCUT2D eigenvalue weighted by molar-refractivity contribution is 7.07. The Kier molecular flexibility index (Phi) is 4.78. The fourth-order valence-electron chi connectivity index (χ4n) is 4.60. The zero-order chi connectivity index (χ0) is 19.0. The topological polar surface area (TPSA) is 43.9 Å². The number of likely N-dealkylation sites (tertiary alicyclic amines) is 2.